The molecule has 2 aliphatic rings. The van der Waals surface area contributed by atoms with Crippen molar-refractivity contribution in [2.24, 2.45) is 0 Å². The van der Waals surface area contributed by atoms with Crippen LogP contribution < -0.4 is 5.32 Å². The fraction of sp³-hybridized carbons (Fsp3) is 0.588. The van der Waals surface area contributed by atoms with Crippen molar-refractivity contribution >= 4 is 23.4 Å². The maximum Gasteiger partial charge on any atom is 0.238 e. The number of anilines is 1. The lowest BCUT2D eigenvalue weighted by molar-refractivity contribution is -0.117. The Balaban J connectivity index is 1.43. The van der Waals surface area contributed by atoms with Gasteiger partial charge in [0.25, 0.3) is 0 Å². The highest BCUT2D eigenvalue weighted by molar-refractivity contribution is 7.99. The molecular weight excluding hydrogens is 313 g/mol. The molecule has 0 saturated carbocycles. The minimum atomic E-state index is -0.387. The summed E-state index contributed by atoms with van der Waals surface area (Å²) in [6, 6.07) is 6.96. The molecule has 0 atom stereocenters. The lowest BCUT2D eigenvalue weighted by Gasteiger charge is -2.39. The Labute approximate surface area is 141 Å². The van der Waals surface area contributed by atoms with E-state index in [1.54, 1.807) is 18.2 Å². The van der Waals surface area contributed by atoms with Crippen molar-refractivity contribution < 1.29 is 9.18 Å². The molecule has 126 valence electrons. The first kappa shape index (κ1) is 16.7. The molecule has 3 rings (SSSR count). The number of halogens is 1. The molecule has 1 N–H and O–H groups in total. The minimum absolute atomic E-state index is 0.136. The number of hydrogen-bond acceptors (Lipinski definition) is 4. The molecule has 2 aliphatic heterocycles. The van der Waals surface area contributed by atoms with Crippen molar-refractivity contribution in [3.05, 3.63) is 30.1 Å². The molecule has 4 nitrogen and oxygen atoms in total. The van der Waals surface area contributed by atoms with Crippen molar-refractivity contribution in [3.63, 3.8) is 0 Å². The average molecular weight is 337 g/mol. The lowest BCUT2D eigenvalue weighted by atomic mass is 10.0. The Morgan fingerprint density at radius 3 is 2.57 bits per heavy atom. The zero-order chi connectivity index (χ0) is 16.1. The predicted octanol–water partition coefficient (Wildman–Crippen LogP) is 2.28. The Bertz CT molecular complexity index is 528. The molecule has 6 heteroatoms. The maximum atomic E-state index is 13.6. The smallest absolute Gasteiger partial charge is 0.238 e. The van der Waals surface area contributed by atoms with E-state index in [0.717, 1.165) is 25.9 Å². The highest BCUT2D eigenvalue weighted by Gasteiger charge is 2.26. The Kier molecular flexibility index (Phi) is 5.91. The summed E-state index contributed by atoms with van der Waals surface area (Å²) >= 11 is 2.04. The third kappa shape index (κ3) is 4.68. The van der Waals surface area contributed by atoms with Crippen molar-refractivity contribution in [2.45, 2.75) is 18.9 Å². The average Bonchev–Trinajstić information content (AvgIpc) is 2.58. The number of rotatable bonds is 4. The largest absolute Gasteiger partial charge is 0.322 e. The van der Waals surface area contributed by atoms with Gasteiger partial charge in [-0.15, -0.1) is 0 Å². The van der Waals surface area contributed by atoms with E-state index >= 15 is 0 Å². The summed E-state index contributed by atoms with van der Waals surface area (Å²) in [6.45, 7) is 4.63. The Morgan fingerprint density at radius 2 is 1.87 bits per heavy atom. The number of amides is 1. The monoisotopic (exact) mass is 337 g/mol. The van der Waals surface area contributed by atoms with E-state index in [9.17, 15) is 9.18 Å². The molecule has 0 radical (unpaired) electrons. The van der Waals surface area contributed by atoms with E-state index in [2.05, 4.69) is 15.1 Å². The summed E-state index contributed by atoms with van der Waals surface area (Å²) in [4.78, 5) is 16.9. The van der Waals surface area contributed by atoms with E-state index in [-0.39, 0.29) is 17.4 Å². The molecule has 23 heavy (non-hydrogen) atoms. The number of hydrogen-bond donors (Lipinski definition) is 1. The number of benzene rings is 1. The van der Waals surface area contributed by atoms with E-state index in [0.29, 0.717) is 12.6 Å². The van der Waals surface area contributed by atoms with Crippen molar-refractivity contribution in [3.8, 4) is 0 Å². The first-order valence-corrected chi connectivity index (χ1v) is 9.46. The van der Waals surface area contributed by atoms with Gasteiger partial charge in [-0.1, -0.05) is 12.1 Å². The van der Waals surface area contributed by atoms with Gasteiger partial charge in [-0.2, -0.15) is 11.8 Å². The van der Waals surface area contributed by atoms with E-state index in [1.807, 2.05) is 11.8 Å². The molecule has 0 bridgehead atoms. The molecule has 2 fully saturated rings. The van der Waals surface area contributed by atoms with Crippen molar-refractivity contribution in [1.29, 1.82) is 0 Å². The van der Waals surface area contributed by atoms with Crippen molar-refractivity contribution in [2.75, 3.05) is 49.5 Å². The van der Waals surface area contributed by atoms with Crippen LogP contribution in [0.15, 0.2) is 24.3 Å². The van der Waals surface area contributed by atoms with Gasteiger partial charge in [0.2, 0.25) is 5.91 Å². The van der Waals surface area contributed by atoms with Gasteiger partial charge in [-0.05, 0) is 25.0 Å². The zero-order valence-electron chi connectivity index (χ0n) is 13.3. The molecule has 1 amide bonds. The number of carbonyl (C=O) groups is 1. The van der Waals surface area contributed by atoms with Crippen LogP contribution in [0.1, 0.15) is 12.8 Å². The number of carbonyl (C=O) groups excluding carboxylic acids is 1. The first-order valence-electron chi connectivity index (χ1n) is 8.31. The fourth-order valence-electron chi connectivity index (χ4n) is 3.34. The number of likely N-dealkylation sites (tertiary alicyclic amines) is 1. The second-order valence-electron chi connectivity index (χ2n) is 6.18. The Morgan fingerprint density at radius 1 is 1.17 bits per heavy atom. The van der Waals surface area contributed by atoms with Crippen LogP contribution in [0.5, 0.6) is 0 Å². The number of para-hydroxylation sites is 1. The molecule has 0 aliphatic carbocycles. The number of thioether (sulfide) groups is 1. The van der Waals surface area contributed by atoms with Gasteiger partial charge in [-0.3, -0.25) is 14.6 Å². The number of nitrogens with one attached hydrogen (secondary N) is 1. The summed E-state index contributed by atoms with van der Waals surface area (Å²) in [5.41, 5.74) is 0.262. The zero-order valence-corrected chi connectivity index (χ0v) is 14.2. The lowest BCUT2D eigenvalue weighted by Crippen LogP contribution is -2.49. The quantitative estimate of drug-likeness (QED) is 0.914. The summed E-state index contributed by atoms with van der Waals surface area (Å²) < 4.78 is 13.6. The van der Waals surface area contributed by atoms with Gasteiger partial charge in [0.15, 0.2) is 0 Å². The summed E-state index contributed by atoms with van der Waals surface area (Å²) in [6.07, 6.45) is 2.25. The predicted molar refractivity (Wildman–Crippen MR) is 93.4 cm³/mol. The number of nitrogens with zero attached hydrogens (tertiary/aromatic N) is 2. The maximum absolute atomic E-state index is 13.6. The van der Waals surface area contributed by atoms with Gasteiger partial charge in [0.1, 0.15) is 5.82 Å². The SMILES string of the molecule is O=C(CN1CCC(N2CCSCC2)CC1)Nc1ccccc1F. The van der Waals surface area contributed by atoms with Gasteiger partial charge in [0.05, 0.1) is 12.2 Å². The van der Waals surface area contributed by atoms with Crippen LogP contribution in [-0.2, 0) is 4.79 Å². The highest BCUT2D eigenvalue weighted by atomic mass is 32.2. The van der Waals surface area contributed by atoms with Crippen LogP contribution in [0.2, 0.25) is 0 Å². The van der Waals surface area contributed by atoms with E-state index in [4.69, 9.17) is 0 Å². The topological polar surface area (TPSA) is 35.6 Å². The van der Waals surface area contributed by atoms with E-state index < -0.39 is 0 Å². The standard InChI is InChI=1S/C17H24FN3OS/c18-15-3-1-2-4-16(15)19-17(22)13-20-7-5-14(6-8-20)21-9-11-23-12-10-21/h1-4,14H,5-13H2,(H,19,22). The molecule has 0 unspecified atom stereocenters. The first-order chi connectivity index (χ1) is 11.2. The van der Waals surface area contributed by atoms with Crippen LogP contribution in [0, 0.1) is 5.82 Å². The Hall–Kier alpha value is -1.11. The normalized spacial score (nSPS) is 21.3. The van der Waals surface area contributed by atoms with Gasteiger partial charge < -0.3 is 5.32 Å². The third-order valence-electron chi connectivity index (χ3n) is 4.63. The van der Waals surface area contributed by atoms with Crippen LogP contribution in [0.25, 0.3) is 0 Å². The van der Waals surface area contributed by atoms with Crippen molar-refractivity contribution in [1.82, 2.24) is 9.80 Å². The molecule has 0 aromatic heterocycles. The van der Waals surface area contributed by atoms with Crippen LogP contribution in [-0.4, -0.2) is 66.0 Å². The van der Waals surface area contributed by atoms with Crippen LogP contribution >= 0.6 is 11.8 Å². The summed E-state index contributed by atoms with van der Waals surface area (Å²) in [7, 11) is 0. The molecule has 1 aromatic carbocycles. The van der Waals surface area contributed by atoms with E-state index in [1.165, 1.54) is 30.7 Å². The van der Waals surface area contributed by atoms with Gasteiger partial charge in [0, 0.05) is 43.7 Å². The molecular formula is C17H24FN3OS. The molecule has 2 saturated heterocycles. The minimum Gasteiger partial charge on any atom is -0.322 e. The number of piperidine rings is 1. The molecule has 0 spiro atoms. The third-order valence-corrected chi connectivity index (χ3v) is 5.58. The molecule has 2 heterocycles. The second-order valence-corrected chi connectivity index (χ2v) is 7.41. The van der Waals surface area contributed by atoms with Gasteiger partial charge in [-0.25, -0.2) is 4.39 Å². The summed E-state index contributed by atoms with van der Waals surface area (Å²) in [5.74, 6) is 1.96. The highest BCUT2D eigenvalue weighted by Crippen LogP contribution is 2.20. The second kappa shape index (κ2) is 8.13. The molecule has 1 aromatic rings. The van der Waals surface area contributed by atoms with Crippen LogP contribution in [0.4, 0.5) is 10.1 Å². The van der Waals surface area contributed by atoms with Gasteiger partial charge >= 0.3 is 0 Å². The summed E-state index contributed by atoms with van der Waals surface area (Å²) in [5, 5.41) is 2.66. The van der Waals surface area contributed by atoms with Crippen LogP contribution in [0.3, 0.4) is 0 Å². The fourth-order valence-corrected chi connectivity index (χ4v) is 4.27.